The number of esters is 1. The first kappa shape index (κ1) is 19.5. The number of rotatable bonds is 5. The van der Waals surface area contributed by atoms with Gasteiger partial charge in [0.15, 0.2) is 5.82 Å². The summed E-state index contributed by atoms with van der Waals surface area (Å²) < 4.78 is 6.65. The van der Waals surface area contributed by atoms with Gasteiger partial charge >= 0.3 is 5.97 Å². The fourth-order valence-corrected chi connectivity index (χ4v) is 3.43. The van der Waals surface area contributed by atoms with Crippen molar-refractivity contribution in [2.75, 3.05) is 18.6 Å². The largest absolute Gasteiger partial charge is 0.466 e. The number of ether oxygens (including phenoxy) is 1. The van der Waals surface area contributed by atoms with Gasteiger partial charge in [-0.2, -0.15) is 0 Å². The van der Waals surface area contributed by atoms with Crippen molar-refractivity contribution < 1.29 is 14.5 Å². The summed E-state index contributed by atoms with van der Waals surface area (Å²) in [6.45, 7) is 7.39. The van der Waals surface area contributed by atoms with Gasteiger partial charge in [0.2, 0.25) is 0 Å². The van der Waals surface area contributed by atoms with Crippen LogP contribution in [0.5, 0.6) is 0 Å². The van der Waals surface area contributed by atoms with Crippen LogP contribution in [0.25, 0.3) is 6.08 Å². The number of carbonyl (C=O) groups is 1. The van der Waals surface area contributed by atoms with Crippen molar-refractivity contribution in [1.82, 2.24) is 14.8 Å². The van der Waals surface area contributed by atoms with Crippen LogP contribution in [0.2, 0.25) is 0 Å². The maximum Gasteiger partial charge on any atom is 0.330 e. The Kier molecular flexibility index (Phi) is 5.43. The Morgan fingerprint density at radius 2 is 2.11 bits per heavy atom. The number of benzene rings is 1. The van der Waals surface area contributed by atoms with Crippen molar-refractivity contribution in [1.29, 1.82) is 0 Å². The molecule has 0 aliphatic carbocycles. The fraction of sp³-hybridized carbons (Fsp3) is 0.421. The molecule has 1 unspecified atom stereocenters. The number of methoxy groups -OCH3 is 1. The molecule has 0 spiro atoms. The number of nitro groups is 1. The number of nitro benzene ring substituents is 1. The zero-order valence-electron chi connectivity index (χ0n) is 16.3. The van der Waals surface area contributed by atoms with E-state index in [1.165, 1.54) is 25.3 Å². The molecule has 28 heavy (non-hydrogen) atoms. The van der Waals surface area contributed by atoms with Gasteiger partial charge in [-0.1, -0.05) is 19.9 Å². The lowest BCUT2D eigenvalue weighted by molar-refractivity contribution is -0.384. The molecule has 1 atom stereocenters. The van der Waals surface area contributed by atoms with Crippen LogP contribution in [0.1, 0.15) is 49.9 Å². The van der Waals surface area contributed by atoms with Crippen LogP contribution in [0.15, 0.2) is 24.3 Å². The van der Waals surface area contributed by atoms with E-state index in [1.54, 1.807) is 12.1 Å². The quantitative estimate of drug-likeness (QED) is 0.337. The standard InChI is InChI=1S/C19H23N5O4/c1-12(2)18-20-21-19-13(3)22(9-10-23(18)19)15-7-5-14(6-8-17(25)28-4)11-16(15)24(26)27/h5-8,11-13H,9-10H2,1-4H3/b8-6+. The Balaban J connectivity index is 1.95. The Labute approximate surface area is 162 Å². The lowest BCUT2D eigenvalue weighted by atomic mass is 10.1. The first-order chi connectivity index (χ1) is 13.3. The van der Waals surface area contributed by atoms with E-state index in [2.05, 4.69) is 33.3 Å². The van der Waals surface area contributed by atoms with Crippen LogP contribution in [0, 0.1) is 10.1 Å². The molecule has 1 aliphatic rings. The van der Waals surface area contributed by atoms with Gasteiger partial charge < -0.3 is 14.2 Å². The normalized spacial score (nSPS) is 16.5. The van der Waals surface area contributed by atoms with Crippen molar-refractivity contribution >= 4 is 23.4 Å². The Bertz CT molecular complexity index is 934. The molecule has 9 heteroatoms. The van der Waals surface area contributed by atoms with Crippen LogP contribution in [-0.4, -0.2) is 39.3 Å². The topological polar surface area (TPSA) is 103 Å². The van der Waals surface area contributed by atoms with Crippen LogP contribution in [0.3, 0.4) is 0 Å². The van der Waals surface area contributed by atoms with Gasteiger partial charge in [-0.3, -0.25) is 10.1 Å². The average Bonchev–Trinajstić information content (AvgIpc) is 3.11. The predicted molar refractivity (Wildman–Crippen MR) is 104 cm³/mol. The van der Waals surface area contributed by atoms with Crippen molar-refractivity contribution in [3.8, 4) is 0 Å². The fourth-order valence-electron chi connectivity index (χ4n) is 3.43. The highest BCUT2D eigenvalue weighted by Crippen LogP contribution is 2.37. The van der Waals surface area contributed by atoms with E-state index in [0.717, 1.165) is 11.6 Å². The number of hydrogen-bond donors (Lipinski definition) is 0. The molecule has 0 bridgehead atoms. The first-order valence-corrected chi connectivity index (χ1v) is 9.07. The highest BCUT2D eigenvalue weighted by atomic mass is 16.6. The van der Waals surface area contributed by atoms with Gasteiger partial charge in [0.1, 0.15) is 11.5 Å². The van der Waals surface area contributed by atoms with Crippen molar-refractivity contribution in [2.24, 2.45) is 0 Å². The van der Waals surface area contributed by atoms with E-state index in [1.807, 2.05) is 11.8 Å². The lowest BCUT2D eigenvalue weighted by Crippen LogP contribution is -2.38. The van der Waals surface area contributed by atoms with Gasteiger partial charge in [0.25, 0.3) is 5.69 Å². The summed E-state index contributed by atoms with van der Waals surface area (Å²) in [4.78, 5) is 24.5. The summed E-state index contributed by atoms with van der Waals surface area (Å²) in [6, 6.07) is 4.76. The number of fused-ring (bicyclic) bond motifs is 1. The molecule has 2 heterocycles. The van der Waals surface area contributed by atoms with Crippen molar-refractivity contribution in [2.45, 2.75) is 39.3 Å². The predicted octanol–water partition coefficient (Wildman–Crippen LogP) is 3.08. The Hall–Kier alpha value is -3.23. The SMILES string of the molecule is COC(=O)/C=C/c1ccc(N2CCn3c(C(C)C)nnc3C2C)c([N+](=O)[O-])c1. The first-order valence-electron chi connectivity index (χ1n) is 9.07. The van der Waals surface area contributed by atoms with E-state index in [9.17, 15) is 14.9 Å². The van der Waals surface area contributed by atoms with Gasteiger partial charge in [-0.15, -0.1) is 10.2 Å². The summed E-state index contributed by atoms with van der Waals surface area (Å²) in [6.07, 6.45) is 2.73. The molecule has 1 aliphatic heterocycles. The van der Waals surface area contributed by atoms with Crippen molar-refractivity contribution in [3.05, 3.63) is 51.6 Å². The molecule has 148 valence electrons. The minimum absolute atomic E-state index is 0.0177. The van der Waals surface area contributed by atoms with E-state index < -0.39 is 10.9 Å². The molecule has 0 fully saturated rings. The van der Waals surface area contributed by atoms with E-state index in [-0.39, 0.29) is 17.6 Å². The van der Waals surface area contributed by atoms with E-state index >= 15 is 0 Å². The maximum atomic E-state index is 11.7. The summed E-state index contributed by atoms with van der Waals surface area (Å²) in [5.74, 6) is 1.48. The monoisotopic (exact) mass is 385 g/mol. The molecular weight excluding hydrogens is 362 g/mol. The zero-order valence-corrected chi connectivity index (χ0v) is 16.3. The second kappa shape index (κ2) is 7.79. The van der Waals surface area contributed by atoms with Gasteiger partial charge in [-0.05, 0) is 24.6 Å². The molecule has 3 rings (SSSR count). The molecule has 0 saturated heterocycles. The zero-order chi connectivity index (χ0) is 20.4. The highest BCUT2D eigenvalue weighted by Gasteiger charge is 2.32. The molecule has 0 saturated carbocycles. The Morgan fingerprint density at radius 1 is 1.36 bits per heavy atom. The van der Waals surface area contributed by atoms with Gasteiger partial charge in [-0.25, -0.2) is 4.79 Å². The summed E-state index contributed by atoms with van der Waals surface area (Å²) in [7, 11) is 1.28. The summed E-state index contributed by atoms with van der Waals surface area (Å²) >= 11 is 0. The molecule has 9 nitrogen and oxygen atoms in total. The average molecular weight is 385 g/mol. The van der Waals surface area contributed by atoms with Crippen LogP contribution in [0.4, 0.5) is 11.4 Å². The van der Waals surface area contributed by atoms with Crippen LogP contribution in [-0.2, 0) is 16.1 Å². The van der Waals surface area contributed by atoms with Gasteiger partial charge in [0, 0.05) is 31.1 Å². The number of hydrogen-bond acceptors (Lipinski definition) is 7. The molecule has 1 aromatic heterocycles. The molecule has 0 amide bonds. The van der Waals surface area contributed by atoms with Crippen LogP contribution < -0.4 is 4.90 Å². The number of nitrogens with zero attached hydrogens (tertiary/aromatic N) is 5. The van der Waals surface area contributed by atoms with E-state index in [0.29, 0.717) is 24.3 Å². The summed E-state index contributed by atoms with van der Waals surface area (Å²) in [5.41, 5.74) is 1.06. The van der Waals surface area contributed by atoms with Gasteiger partial charge in [0.05, 0.1) is 18.1 Å². The smallest absolute Gasteiger partial charge is 0.330 e. The summed E-state index contributed by atoms with van der Waals surface area (Å²) in [5, 5.41) is 20.3. The third-order valence-corrected chi connectivity index (χ3v) is 4.85. The molecule has 1 aromatic carbocycles. The minimum atomic E-state index is -0.517. The maximum absolute atomic E-state index is 11.7. The Morgan fingerprint density at radius 3 is 2.75 bits per heavy atom. The molecular formula is C19H23N5O4. The minimum Gasteiger partial charge on any atom is -0.466 e. The number of carbonyl (C=O) groups excluding carboxylic acids is 1. The molecule has 2 aromatic rings. The third-order valence-electron chi connectivity index (χ3n) is 4.85. The molecule has 0 radical (unpaired) electrons. The number of anilines is 1. The van der Waals surface area contributed by atoms with Crippen LogP contribution >= 0.6 is 0 Å². The second-order valence-electron chi connectivity index (χ2n) is 6.95. The number of aromatic nitrogens is 3. The lowest BCUT2D eigenvalue weighted by Gasteiger charge is -2.35. The van der Waals surface area contributed by atoms with Crippen molar-refractivity contribution in [3.63, 3.8) is 0 Å². The second-order valence-corrected chi connectivity index (χ2v) is 6.95. The third kappa shape index (κ3) is 3.60. The highest BCUT2D eigenvalue weighted by molar-refractivity contribution is 5.87. The molecule has 0 N–H and O–H groups in total. The van der Waals surface area contributed by atoms with E-state index in [4.69, 9.17) is 0 Å².